The van der Waals surface area contributed by atoms with Crippen LogP contribution in [-0.4, -0.2) is 36.6 Å². The molecular formula is C12H19ClN4. The van der Waals surface area contributed by atoms with E-state index >= 15 is 0 Å². The Morgan fingerprint density at radius 2 is 2.35 bits per heavy atom. The minimum absolute atomic E-state index is 0.515. The number of nitrogens with zero attached hydrogens (tertiary/aromatic N) is 3. The SMILES string of the molecule is Cc1cc(Cl)nc(N(C)CC2CCCNC2)n1. The monoisotopic (exact) mass is 254 g/mol. The van der Waals surface area contributed by atoms with Crippen LogP contribution in [0.15, 0.2) is 6.07 Å². The molecule has 0 bridgehead atoms. The van der Waals surface area contributed by atoms with Gasteiger partial charge in [0, 0.05) is 19.3 Å². The van der Waals surface area contributed by atoms with Crippen molar-refractivity contribution in [3.63, 3.8) is 0 Å². The van der Waals surface area contributed by atoms with Crippen LogP contribution < -0.4 is 10.2 Å². The smallest absolute Gasteiger partial charge is 0.226 e. The molecular weight excluding hydrogens is 236 g/mol. The van der Waals surface area contributed by atoms with Crippen molar-refractivity contribution in [2.75, 3.05) is 31.6 Å². The van der Waals surface area contributed by atoms with Gasteiger partial charge in [-0.15, -0.1) is 0 Å². The average molecular weight is 255 g/mol. The number of hydrogen-bond donors (Lipinski definition) is 1. The van der Waals surface area contributed by atoms with E-state index in [2.05, 4.69) is 20.2 Å². The molecule has 5 heteroatoms. The lowest BCUT2D eigenvalue weighted by Gasteiger charge is -2.27. The molecule has 2 heterocycles. The van der Waals surface area contributed by atoms with Crippen LogP contribution in [0.2, 0.25) is 5.15 Å². The molecule has 0 aliphatic carbocycles. The second-order valence-corrected chi connectivity index (χ2v) is 5.11. The van der Waals surface area contributed by atoms with Crippen LogP contribution in [0.3, 0.4) is 0 Å². The van der Waals surface area contributed by atoms with Crippen LogP contribution in [-0.2, 0) is 0 Å². The van der Waals surface area contributed by atoms with E-state index in [0.717, 1.165) is 31.3 Å². The number of aromatic nitrogens is 2. The third-order valence-corrected chi connectivity index (χ3v) is 3.28. The fraction of sp³-hybridized carbons (Fsp3) is 0.667. The summed E-state index contributed by atoms with van der Waals surface area (Å²) in [5.74, 6) is 1.40. The number of hydrogen-bond acceptors (Lipinski definition) is 4. The Labute approximate surface area is 107 Å². The van der Waals surface area contributed by atoms with Gasteiger partial charge in [0.05, 0.1) is 0 Å². The summed E-state index contributed by atoms with van der Waals surface area (Å²) in [5, 5.41) is 3.94. The van der Waals surface area contributed by atoms with Gasteiger partial charge in [0.1, 0.15) is 5.15 Å². The quantitative estimate of drug-likeness (QED) is 0.837. The molecule has 94 valence electrons. The van der Waals surface area contributed by atoms with Crippen molar-refractivity contribution in [1.82, 2.24) is 15.3 Å². The van der Waals surface area contributed by atoms with E-state index in [1.54, 1.807) is 6.07 Å². The Morgan fingerprint density at radius 1 is 1.53 bits per heavy atom. The summed E-state index contributed by atoms with van der Waals surface area (Å²) in [6, 6.07) is 1.78. The summed E-state index contributed by atoms with van der Waals surface area (Å²) in [7, 11) is 2.03. The van der Waals surface area contributed by atoms with Crippen molar-refractivity contribution in [1.29, 1.82) is 0 Å². The highest BCUT2D eigenvalue weighted by molar-refractivity contribution is 6.29. The van der Waals surface area contributed by atoms with Crippen molar-refractivity contribution in [3.05, 3.63) is 16.9 Å². The maximum Gasteiger partial charge on any atom is 0.226 e. The summed E-state index contributed by atoms with van der Waals surface area (Å²) in [6.07, 6.45) is 2.53. The van der Waals surface area contributed by atoms with E-state index in [1.165, 1.54) is 12.8 Å². The number of aryl methyl sites for hydroxylation is 1. The Kier molecular flexibility index (Phi) is 4.18. The summed E-state index contributed by atoms with van der Waals surface area (Å²) >= 11 is 5.95. The van der Waals surface area contributed by atoms with Gasteiger partial charge in [-0.25, -0.2) is 9.97 Å². The molecule has 1 atom stereocenters. The summed E-state index contributed by atoms with van der Waals surface area (Å²) in [6.45, 7) is 5.15. The fourth-order valence-corrected chi connectivity index (χ4v) is 2.47. The maximum absolute atomic E-state index is 5.95. The highest BCUT2D eigenvalue weighted by Gasteiger charge is 2.16. The first-order valence-electron chi connectivity index (χ1n) is 6.08. The Bertz CT molecular complexity index is 357. The maximum atomic E-state index is 5.95. The molecule has 1 aromatic heterocycles. The molecule has 1 unspecified atom stereocenters. The van der Waals surface area contributed by atoms with E-state index in [-0.39, 0.29) is 0 Å². The lowest BCUT2D eigenvalue weighted by atomic mass is 9.99. The van der Waals surface area contributed by atoms with Crippen molar-refractivity contribution in [2.24, 2.45) is 5.92 Å². The van der Waals surface area contributed by atoms with Crippen LogP contribution in [0.4, 0.5) is 5.95 Å². The molecule has 1 fully saturated rings. The largest absolute Gasteiger partial charge is 0.344 e. The zero-order valence-electron chi connectivity index (χ0n) is 10.4. The number of nitrogens with one attached hydrogen (secondary N) is 1. The summed E-state index contributed by atoms with van der Waals surface area (Å²) < 4.78 is 0. The first kappa shape index (κ1) is 12.6. The van der Waals surface area contributed by atoms with Gasteiger partial charge in [0.15, 0.2) is 0 Å². The van der Waals surface area contributed by atoms with Crippen LogP contribution >= 0.6 is 11.6 Å². The van der Waals surface area contributed by atoms with E-state index in [1.807, 2.05) is 14.0 Å². The van der Waals surface area contributed by atoms with Gasteiger partial charge < -0.3 is 10.2 Å². The molecule has 0 amide bonds. The molecule has 1 aliphatic rings. The van der Waals surface area contributed by atoms with E-state index < -0.39 is 0 Å². The molecule has 0 spiro atoms. The molecule has 1 aromatic rings. The van der Waals surface area contributed by atoms with Crippen molar-refractivity contribution < 1.29 is 0 Å². The number of anilines is 1. The van der Waals surface area contributed by atoms with Crippen molar-refractivity contribution in [3.8, 4) is 0 Å². The summed E-state index contributed by atoms with van der Waals surface area (Å²) in [5.41, 5.74) is 0.911. The Balaban J connectivity index is 2.00. The standard InChI is InChI=1S/C12H19ClN4/c1-9-6-11(13)16-12(15-9)17(2)8-10-4-3-5-14-7-10/h6,10,14H,3-5,7-8H2,1-2H3. The second-order valence-electron chi connectivity index (χ2n) is 4.72. The van der Waals surface area contributed by atoms with E-state index in [9.17, 15) is 0 Å². The Morgan fingerprint density at radius 3 is 3.00 bits per heavy atom. The van der Waals surface area contributed by atoms with E-state index in [0.29, 0.717) is 11.1 Å². The van der Waals surface area contributed by atoms with Crippen LogP contribution in [0.1, 0.15) is 18.5 Å². The highest BCUT2D eigenvalue weighted by atomic mass is 35.5. The number of piperidine rings is 1. The molecule has 0 radical (unpaired) electrons. The minimum Gasteiger partial charge on any atom is -0.344 e. The molecule has 1 aliphatic heterocycles. The lowest BCUT2D eigenvalue weighted by molar-refractivity contribution is 0.380. The van der Waals surface area contributed by atoms with Crippen molar-refractivity contribution in [2.45, 2.75) is 19.8 Å². The van der Waals surface area contributed by atoms with Gasteiger partial charge in [0.2, 0.25) is 5.95 Å². The first-order chi connectivity index (χ1) is 8.15. The Hall–Kier alpha value is -0.870. The van der Waals surface area contributed by atoms with Gasteiger partial charge in [-0.1, -0.05) is 11.6 Å². The van der Waals surface area contributed by atoms with Crippen molar-refractivity contribution >= 4 is 17.5 Å². The van der Waals surface area contributed by atoms with Gasteiger partial charge >= 0.3 is 0 Å². The normalized spacial score (nSPS) is 20.3. The molecule has 1 saturated heterocycles. The molecule has 0 saturated carbocycles. The molecule has 17 heavy (non-hydrogen) atoms. The van der Waals surface area contributed by atoms with Crippen LogP contribution in [0, 0.1) is 12.8 Å². The third-order valence-electron chi connectivity index (χ3n) is 3.08. The predicted molar refractivity (Wildman–Crippen MR) is 70.6 cm³/mol. The summed E-state index contributed by atoms with van der Waals surface area (Å²) in [4.78, 5) is 10.8. The van der Waals surface area contributed by atoms with Gasteiger partial charge in [-0.3, -0.25) is 0 Å². The van der Waals surface area contributed by atoms with Crippen LogP contribution in [0.5, 0.6) is 0 Å². The molecule has 0 aromatic carbocycles. The van der Waals surface area contributed by atoms with E-state index in [4.69, 9.17) is 11.6 Å². The third kappa shape index (κ3) is 3.54. The number of rotatable bonds is 3. The zero-order chi connectivity index (χ0) is 12.3. The molecule has 4 nitrogen and oxygen atoms in total. The minimum atomic E-state index is 0.515. The predicted octanol–water partition coefficient (Wildman–Crippen LogP) is 1.87. The van der Waals surface area contributed by atoms with Gasteiger partial charge in [0.25, 0.3) is 0 Å². The molecule has 2 rings (SSSR count). The van der Waals surface area contributed by atoms with Gasteiger partial charge in [-0.05, 0) is 44.8 Å². The fourth-order valence-electron chi connectivity index (χ4n) is 2.23. The highest BCUT2D eigenvalue weighted by Crippen LogP contribution is 2.16. The second kappa shape index (κ2) is 5.65. The topological polar surface area (TPSA) is 41.1 Å². The average Bonchev–Trinajstić information content (AvgIpc) is 2.29. The first-order valence-corrected chi connectivity index (χ1v) is 6.46. The lowest BCUT2D eigenvalue weighted by Crippen LogP contribution is -2.37. The molecule has 1 N–H and O–H groups in total. The number of halogens is 1. The zero-order valence-corrected chi connectivity index (χ0v) is 11.2. The van der Waals surface area contributed by atoms with Gasteiger partial charge in [-0.2, -0.15) is 0 Å². The van der Waals surface area contributed by atoms with Crippen LogP contribution in [0.25, 0.3) is 0 Å².